The predicted octanol–water partition coefficient (Wildman–Crippen LogP) is 4.44. The summed E-state index contributed by atoms with van der Waals surface area (Å²) in [7, 11) is 0. The highest BCUT2D eigenvalue weighted by Crippen LogP contribution is 2.29. The van der Waals surface area contributed by atoms with Crippen LogP contribution in [0.1, 0.15) is 22.3 Å². The van der Waals surface area contributed by atoms with Crippen LogP contribution in [0.25, 0.3) is 0 Å². The summed E-state index contributed by atoms with van der Waals surface area (Å²) in [5.41, 5.74) is 1.83. The molecule has 2 aromatic carbocycles. The van der Waals surface area contributed by atoms with Crippen LogP contribution >= 0.6 is 0 Å². The molecule has 0 saturated heterocycles. The van der Waals surface area contributed by atoms with Crippen LogP contribution in [0.3, 0.4) is 0 Å². The molecule has 21 heavy (non-hydrogen) atoms. The minimum Gasteiger partial charge on any atom is -0.390 e. The first-order chi connectivity index (χ1) is 9.95. The Morgan fingerprint density at radius 2 is 1.62 bits per heavy atom. The summed E-state index contributed by atoms with van der Waals surface area (Å²) < 4.78 is 37.1. The molecule has 0 heterocycles. The number of halogens is 3. The van der Waals surface area contributed by atoms with Gasteiger partial charge in [-0.05, 0) is 24.6 Å². The Morgan fingerprint density at radius 1 is 1.00 bits per heavy atom. The molecule has 109 valence electrons. The molecular formula is C16H13F3NO. The fraction of sp³-hybridized carbons (Fsp3) is 0.188. The second-order valence-electron chi connectivity index (χ2n) is 4.54. The largest absolute Gasteiger partial charge is 0.416 e. The van der Waals surface area contributed by atoms with Crippen molar-refractivity contribution < 1.29 is 18.0 Å². The van der Waals surface area contributed by atoms with E-state index in [1.54, 1.807) is 0 Å². The molecule has 0 spiro atoms. The molecule has 5 heteroatoms. The number of nitrogens with zero attached hydrogens (tertiary/aromatic N) is 1. The summed E-state index contributed by atoms with van der Waals surface area (Å²) in [4.78, 5) is 5.01. The zero-order chi connectivity index (χ0) is 15.3. The Bertz CT molecular complexity index is 601. The number of benzene rings is 2. The van der Waals surface area contributed by atoms with E-state index in [-0.39, 0.29) is 6.61 Å². The van der Waals surface area contributed by atoms with Crippen molar-refractivity contribution in [1.29, 1.82) is 0 Å². The number of hydrogen-bond donors (Lipinski definition) is 0. The number of hydrogen-bond acceptors (Lipinski definition) is 2. The Kier molecular flexibility index (Phi) is 4.62. The molecule has 0 atom stereocenters. The fourth-order valence-corrected chi connectivity index (χ4v) is 1.61. The van der Waals surface area contributed by atoms with Crippen molar-refractivity contribution in [3.63, 3.8) is 0 Å². The minimum absolute atomic E-state index is 0.0942. The first-order valence-corrected chi connectivity index (χ1v) is 6.26. The van der Waals surface area contributed by atoms with Crippen LogP contribution in [0.15, 0.2) is 53.7 Å². The molecule has 2 nitrogen and oxygen atoms in total. The van der Waals surface area contributed by atoms with Crippen molar-refractivity contribution in [3.8, 4) is 0 Å². The van der Waals surface area contributed by atoms with Crippen LogP contribution < -0.4 is 0 Å². The van der Waals surface area contributed by atoms with E-state index >= 15 is 0 Å². The molecule has 0 aliphatic heterocycles. The summed E-state index contributed by atoms with van der Waals surface area (Å²) in [5.74, 6) is 0. The van der Waals surface area contributed by atoms with Crippen LogP contribution in [0.5, 0.6) is 0 Å². The Balaban J connectivity index is 1.87. The first-order valence-electron chi connectivity index (χ1n) is 6.26. The van der Waals surface area contributed by atoms with Gasteiger partial charge in [-0.1, -0.05) is 47.1 Å². The third-order valence-electron chi connectivity index (χ3n) is 2.80. The fourth-order valence-electron chi connectivity index (χ4n) is 1.61. The lowest BCUT2D eigenvalue weighted by Crippen LogP contribution is -2.04. The van der Waals surface area contributed by atoms with Crippen LogP contribution in [-0.2, 0) is 17.6 Å². The van der Waals surface area contributed by atoms with Crippen molar-refractivity contribution in [2.45, 2.75) is 19.7 Å². The van der Waals surface area contributed by atoms with Gasteiger partial charge in [0.25, 0.3) is 0 Å². The Labute approximate surface area is 120 Å². The monoisotopic (exact) mass is 292 g/mol. The smallest absolute Gasteiger partial charge is 0.390 e. The highest BCUT2D eigenvalue weighted by molar-refractivity contribution is 5.79. The third kappa shape index (κ3) is 4.63. The van der Waals surface area contributed by atoms with E-state index < -0.39 is 11.7 Å². The van der Waals surface area contributed by atoms with E-state index in [0.29, 0.717) is 5.56 Å². The van der Waals surface area contributed by atoms with Crippen LogP contribution in [0, 0.1) is 6.92 Å². The predicted molar refractivity (Wildman–Crippen MR) is 73.9 cm³/mol. The van der Waals surface area contributed by atoms with Gasteiger partial charge in [0.05, 0.1) is 5.56 Å². The zero-order valence-electron chi connectivity index (χ0n) is 11.3. The molecule has 2 aromatic rings. The van der Waals surface area contributed by atoms with Gasteiger partial charge in [0.1, 0.15) is 12.8 Å². The summed E-state index contributed by atoms with van der Waals surface area (Å²) >= 11 is 0. The average Bonchev–Trinajstić information content (AvgIpc) is 2.45. The van der Waals surface area contributed by atoms with Gasteiger partial charge in [-0.3, -0.25) is 0 Å². The maximum Gasteiger partial charge on any atom is 0.416 e. The highest BCUT2D eigenvalue weighted by Gasteiger charge is 2.29. The Morgan fingerprint density at radius 3 is 2.19 bits per heavy atom. The van der Waals surface area contributed by atoms with Gasteiger partial charge in [-0.15, -0.1) is 0 Å². The minimum atomic E-state index is -4.32. The molecule has 0 saturated carbocycles. The normalized spacial score (nSPS) is 11.8. The highest BCUT2D eigenvalue weighted by atomic mass is 19.4. The van der Waals surface area contributed by atoms with Crippen molar-refractivity contribution in [1.82, 2.24) is 0 Å². The molecule has 0 aromatic heterocycles. The second-order valence-corrected chi connectivity index (χ2v) is 4.54. The summed E-state index contributed by atoms with van der Waals surface area (Å²) in [5, 5.41) is 3.67. The van der Waals surface area contributed by atoms with Gasteiger partial charge in [0, 0.05) is 5.56 Å². The molecule has 0 bridgehead atoms. The second kappa shape index (κ2) is 6.43. The van der Waals surface area contributed by atoms with E-state index in [2.05, 4.69) is 11.4 Å². The van der Waals surface area contributed by atoms with E-state index in [9.17, 15) is 13.2 Å². The van der Waals surface area contributed by atoms with Gasteiger partial charge in [0.15, 0.2) is 0 Å². The SMILES string of the molecule is Cc1ccc(/[C]=N\OCc2ccc(C(F)(F)F)cc2)cc1. The van der Waals surface area contributed by atoms with Crippen molar-refractivity contribution in [2.24, 2.45) is 5.16 Å². The molecule has 0 N–H and O–H groups in total. The quantitative estimate of drug-likeness (QED) is 0.603. The molecule has 0 unspecified atom stereocenters. The summed E-state index contributed by atoms with van der Waals surface area (Å²) in [6, 6.07) is 12.3. The molecule has 0 aliphatic carbocycles. The van der Waals surface area contributed by atoms with Gasteiger partial charge in [-0.25, -0.2) is 0 Å². The lowest BCUT2D eigenvalue weighted by molar-refractivity contribution is -0.137. The standard InChI is InChI=1S/C16H13F3NO/c1-12-2-4-13(5-3-12)10-20-21-11-14-6-8-15(9-7-14)16(17,18)19/h2-9H,11H2,1H3. The molecular weight excluding hydrogens is 279 g/mol. The molecule has 1 radical (unpaired) electrons. The molecule has 0 aliphatic rings. The maximum atomic E-state index is 12.4. The molecule has 2 rings (SSSR count). The maximum absolute atomic E-state index is 12.4. The van der Waals surface area contributed by atoms with Crippen molar-refractivity contribution in [2.75, 3.05) is 0 Å². The first kappa shape index (κ1) is 15.1. The summed E-state index contributed by atoms with van der Waals surface area (Å²) in [6.45, 7) is 2.07. The Hall–Kier alpha value is -2.30. The zero-order valence-corrected chi connectivity index (χ0v) is 11.3. The van der Waals surface area contributed by atoms with Crippen LogP contribution in [0.4, 0.5) is 13.2 Å². The lowest BCUT2D eigenvalue weighted by Gasteiger charge is -2.06. The van der Waals surface area contributed by atoms with E-state index in [1.807, 2.05) is 31.2 Å². The molecule has 0 amide bonds. The average molecular weight is 292 g/mol. The van der Waals surface area contributed by atoms with Crippen LogP contribution in [0.2, 0.25) is 0 Å². The van der Waals surface area contributed by atoms with E-state index in [4.69, 9.17) is 4.84 Å². The van der Waals surface area contributed by atoms with E-state index in [0.717, 1.165) is 23.3 Å². The summed E-state index contributed by atoms with van der Waals surface area (Å²) in [6.07, 6.45) is -1.62. The van der Waals surface area contributed by atoms with Gasteiger partial charge in [-0.2, -0.15) is 13.2 Å². The van der Waals surface area contributed by atoms with Gasteiger partial charge in [0.2, 0.25) is 0 Å². The van der Waals surface area contributed by atoms with E-state index in [1.165, 1.54) is 12.1 Å². The number of aryl methyl sites for hydroxylation is 1. The van der Waals surface area contributed by atoms with Crippen molar-refractivity contribution >= 4 is 6.21 Å². The van der Waals surface area contributed by atoms with Gasteiger partial charge < -0.3 is 4.84 Å². The van der Waals surface area contributed by atoms with Crippen LogP contribution in [-0.4, -0.2) is 6.21 Å². The third-order valence-corrected chi connectivity index (χ3v) is 2.80. The topological polar surface area (TPSA) is 21.6 Å². The van der Waals surface area contributed by atoms with Crippen molar-refractivity contribution in [3.05, 3.63) is 70.8 Å². The van der Waals surface area contributed by atoms with Gasteiger partial charge >= 0.3 is 6.18 Å². The molecule has 0 fully saturated rings. The lowest BCUT2D eigenvalue weighted by atomic mass is 10.1. The number of rotatable bonds is 4. The number of alkyl halides is 3.